The van der Waals surface area contributed by atoms with Gasteiger partial charge in [0.25, 0.3) is 5.91 Å². The average Bonchev–Trinajstić information content (AvgIpc) is 2.67. The van der Waals surface area contributed by atoms with E-state index in [1.807, 2.05) is 12.1 Å². The molecule has 0 spiro atoms. The minimum absolute atomic E-state index is 0.297. The summed E-state index contributed by atoms with van der Waals surface area (Å²) in [5, 5.41) is 2.82. The van der Waals surface area contributed by atoms with E-state index in [-0.39, 0.29) is 5.91 Å². The maximum absolute atomic E-state index is 14.0. The zero-order chi connectivity index (χ0) is 18.5. The van der Waals surface area contributed by atoms with Crippen LogP contribution in [0.4, 0.5) is 15.9 Å². The van der Waals surface area contributed by atoms with Gasteiger partial charge in [0.15, 0.2) is 0 Å². The molecule has 0 saturated carbocycles. The molecule has 1 N–H and O–H groups in total. The Balaban J connectivity index is 1.58. The van der Waals surface area contributed by atoms with Crippen LogP contribution >= 0.6 is 0 Å². The number of benzene rings is 1. The van der Waals surface area contributed by atoms with Gasteiger partial charge in [-0.15, -0.1) is 0 Å². The molecule has 1 amide bonds. The number of nitrogens with zero attached hydrogens (tertiary/aromatic N) is 3. The number of rotatable bonds is 5. The first-order valence-corrected chi connectivity index (χ1v) is 8.99. The molecule has 1 fully saturated rings. The normalized spacial score (nSPS) is 14.2. The van der Waals surface area contributed by atoms with Crippen molar-refractivity contribution < 1.29 is 9.18 Å². The van der Waals surface area contributed by atoms with E-state index in [0.29, 0.717) is 17.8 Å². The molecule has 6 heteroatoms. The van der Waals surface area contributed by atoms with E-state index in [4.69, 9.17) is 0 Å². The van der Waals surface area contributed by atoms with Gasteiger partial charge in [-0.25, -0.2) is 9.37 Å². The first-order chi connectivity index (χ1) is 12.5. The number of halogens is 1. The van der Waals surface area contributed by atoms with Gasteiger partial charge in [-0.1, -0.05) is 6.07 Å². The molecule has 3 rings (SSSR count). The first kappa shape index (κ1) is 18.2. The molecule has 26 heavy (non-hydrogen) atoms. The van der Waals surface area contributed by atoms with Crippen molar-refractivity contribution in [2.75, 3.05) is 37.0 Å². The number of nitrogens with one attached hydrogen (secondary N) is 1. The second-order valence-electron chi connectivity index (χ2n) is 6.82. The maximum atomic E-state index is 14.0. The van der Waals surface area contributed by atoms with Crippen LogP contribution in [0.2, 0.25) is 0 Å². The summed E-state index contributed by atoms with van der Waals surface area (Å²) in [7, 11) is 3.53. The third kappa shape index (κ3) is 4.31. The Kier molecular flexibility index (Phi) is 5.71. The molecule has 1 aromatic carbocycles. The third-order valence-electron chi connectivity index (χ3n) is 4.63. The second-order valence-corrected chi connectivity index (χ2v) is 6.82. The number of pyridine rings is 1. The molecule has 0 unspecified atom stereocenters. The molecule has 5 nitrogen and oxygen atoms in total. The van der Waals surface area contributed by atoms with Gasteiger partial charge in [0.05, 0.1) is 5.69 Å². The molecule has 0 aliphatic carbocycles. The Hall–Kier alpha value is -2.63. The van der Waals surface area contributed by atoms with Crippen LogP contribution < -0.4 is 15.1 Å². The van der Waals surface area contributed by atoms with Crippen LogP contribution in [0, 0.1) is 5.82 Å². The van der Waals surface area contributed by atoms with Gasteiger partial charge in [0.1, 0.15) is 11.6 Å². The van der Waals surface area contributed by atoms with E-state index in [2.05, 4.69) is 15.2 Å². The van der Waals surface area contributed by atoms with E-state index >= 15 is 0 Å². The molecule has 138 valence electrons. The predicted octanol–water partition coefficient (Wildman–Crippen LogP) is 3.21. The van der Waals surface area contributed by atoms with Gasteiger partial charge in [0, 0.05) is 45.5 Å². The lowest BCUT2D eigenvalue weighted by Crippen LogP contribution is -2.30. The molecule has 1 aliphatic rings. The highest BCUT2D eigenvalue weighted by Gasteiger charge is 2.13. The second kappa shape index (κ2) is 8.17. The fourth-order valence-corrected chi connectivity index (χ4v) is 3.13. The summed E-state index contributed by atoms with van der Waals surface area (Å²) in [5.74, 6) is 0.283. The quantitative estimate of drug-likeness (QED) is 0.894. The fraction of sp³-hybridized carbons (Fsp3) is 0.400. The molecule has 1 aliphatic heterocycles. The van der Waals surface area contributed by atoms with Crippen LogP contribution in [0.5, 0.6) is 0 Å². The van der Waals surface area contributed by atoms with Crippen molar-refractivity contribution in [3.05, 3.63) is 53.5 Å². The van der Waals surface area contributed by atoms with Crippen LogP contribution in [0.25, 0.3) is 0 Å². The Morgan fingerprint density at radius 2 is 1.96 bits per heavy atom. The summed E-state index contributed by atoms with van der Waals surface area (Å²) in [6.45, 7) is 2.47. The number of hydrogen-bond acceptors (Lipinski definition) is 4. The molecule has 1 saturated heterocycles. The van der Waals surface area contributed by atoms with E-state index in [0.717, 1.165) is 24.5 Å². The van der Waals surface area contributed by atoms with Crippen LogP contribution in [-0.4, -0.2) is 38.1 Å². The molecular formula is C20H25FN4O. The number of aromatic nitrogens is 1. The van der Waals surface area contributed by atoms with Crippen molar-refractivity contribution in [1.82, 2.24) is 10.3 Å². The highest BCUT2D eigenvalue weighted by molar-refractivity contribution is 5.94. The maximum Gasteiger partial charge on any atom is 0.251 e. The summed E-state index contributed by atoms with van der Waals surface area (Å²) in [5.41, 5.74) is 1.69. The molecule has 0 atom stereocenters. The summed E-state index contributed by atoms with van der Waals surface area (Å²) in [4.78, 5) is 20.7. The first-order valence-electron chi connectivity index (χ1n) is 8.99. The molecule has 2 heterocycles. The lowest BCUT2D eigenvalue weighted by Gasteiger charge is -2.27. The fourth-order valence-electron chi connectivity index (χ4n) is 3.13. The third-order valence-corrected chi connectivity index (χ3v) is 4.63. The molecule has 1 aromatic heterocycles. The van der Waals surface area contributed by atoms with Crippen LogP contribution in [-0.2, 0) is 6.54 Å². The van der Waals surface area contributed by atoms with E-state index < -0.39 is 5.82 Å². The van der Waals surface area contributed by atoms with Gasteiger partial charge < -0.3 is 15.1 Å². The lowest BCUT2D eigenvalue weighted by atomic mass is 10.1. The Morgan fingerprint density at radius 3 is 2.58 bits per heavy atom. The van der Waals surface area contributed by atoms with Crippen LogP contribution in [0.1, 0.15) is 35.2 Å². The van der Waals surface area contributed by atoms with Gasteiger partial charge >= 0.3 is 0 Å². The van der Waals surface area contributed by atoms with Crippen molar-refractivity contribution in [2.24, 2.45) is 0 Å². The zero-order valence-electron chi connectivity index (χ0n) is 15.3. The molecule has 0 bridgehead atoms. The zero-order valence-corrected chi connectivity index (χ0v) is 15.3. The van der Waals surface area contributed by atoms with Crippen molar-refractivity contribution in [2.45, 2.75) is 25.8 Å². The predicted molar refractivity (Wildman–Crippen MR) is 102 cm³/mol. The summed E-state index contributed by atoms with van der Waals surface area (Å²) in [6.07, 6.45) is 5.50. The van der Waals surface area contributed by atoms with Crippen molar-refractivity contribution >= 4 is 17.4 Å². The van der Waals surface area contributed by atoms with Crippen molar-refractivity contribution in [3.8, 4) is 0 Å². The topological polar surface area (TPSA) is 48.5 Å². The number of piperidine rings is 1. The van der Waals surface area contributed by atoms with E-state index in [1.54, 1.807) is 37.3 Å². The molecular weight excluding hydrogens is 331 g/mol. The van der Waals surface area contributed by atoms with Gasteiger partial charge in [-0.2, -0.15) is 0 Å². The summed E-state index contributed by atoms with van der Waals surface area (Å²) < 4.78 is 14.0. The molecule has 2 aromatic rings. The molecule has 0 radical (unpaired) electrons. The van der Waals surface area contributed by atoms with Crippen LogP contribution in [0.15, 0.2) is 36.5 Å². The highest BCUT2D eigenvalue weighted by atomic mass is 19.1. The minimum Gasteiger partial charge on any atom is -0.375 e. The summed E-state index contributed by atoms with van der Waals surface area (Å²) in [6, 6.07) is 8.48. The number of carbonyl (C=O) groups excluding carboxylic acids is 1. The number of anilines is 2. The minimum atomic E-state index is -0.407. The Morgan fingerprint density at radius 1 is 1.19 bits per heavy atom. The number of carbonyl (C=O) groups is 1. The van der Waals surface area contributed by atoms with Crippen molar-refractivity contribution in [3.63, 3.8) is 0 Å². The Labute approximate surface area is 153 Å². The SMILES string of the molecule is CN(C)c1ccc(C(=O)NCc2ccc(N3CCCCC3)nc2)cc1F. The van der Waals surface area contributed by atoms with E-state index in [9.17, 15) is 9.18 Å². The van der Waals surface area contributed by atoms with Crippen molar-refractivity contribution in [1.29, 1.82) is 0 Å². The largest absolute Gasteiger partial charge is 0.375 e. The highest BCUT2D eigenvalue weighted by Crippen LogP contribution is 2.19. The lowest BCUT2D eigenvalue weighted by molar-refractivity contribution is 0.0950. The van der Waals surface area contributed by atoms with Gasteiger partial charge in [-0.05, 0) is 49.1 Å². The van der Waals surface area contributed by atoms with Crippen LogP contribution in [0.3, 0.4) is 0 Å². The summed E-state index contributed by atoms with van der Waals surface area (Å²) >= 11 is 0. The smallest absolute Gasteiger partial charge is 0.251 e. The van der Waals surface area contributed by atoms with Gasteiger partial charge in [-0.3, -0.25) is 4.79 Å². The van der Waals surface area contributed by atoms with Gasteiger partial charge in [0.2, 0.25) is 0 Å². The Bertz CT molecular complexity index is 755. The van der Waals surface area contributed by atoms with E-state index in [1.165, 1.54) is 25.3 Å². The standard InChI is InChI=1S/C20H25FN4O/c1-24(2)18-8-7-16(12-17(18)21)20(26)23-14-15-6-9-19(22-13-15)25-10-4-3-5-11-25/h6-9,12-13H,3-5,10-11,14H2,1-2H3,(H,23,26). The average molecular weight is 356 g/mol. The monoisotopic (exact) mass is 356 g/mol. The number of hydrogen-bond donors (Lipinski definition) is 1. The number of amides is 1.